The Morgan fingerprint density at radius 1 is 1.22 bits per heavy atom. The molecule has 2 heterocycles. The summed E-state index contributed by atoms with van der Waals surface area (Å²) in [6.07, 6.45) is 2.57. The van der Waals surface area contributed by atoms with E-state index in [4.69, 9.17) is 12.2 Å². The monoisotopic (exact) mass is 343 g/mol. The number of hydrazine groups is 1. The highest BCUT2D eigenvalue weighted by molar-refractivity contribution is 7.80. The quantitative estimate of drug-likeness (QED) is 0.486. The number of fused-ring (bicyclic) bond motifs is 1. The molecule has 0 aliphatic carbocycles. The van der Waals surface area contributed by atoms with Gasteiger partial charge in [0, 0.05) is 11.4 Å². The largest absolute Gasteiger partial charge is 0.361 e. The van der Waals surface area contributed by atoms with Gasteiger partial charge in [0.15, 0.2) is 10.9 Å². The standard InChI is InChI=1S/C16H17N5S2/c1-2-8-17-16(22)21-20-15-14-12(18-10-19-15)9-13(23-14)11-6-4-3-5-7-11/h3-7,9-10H,2,8H2,1H3,(H2,17,21,22)(H,18,19,20). The maximum atomic E-state index is 5.20. The summed E-state index contributed by atoms with van der Waals surface area (Å²) in [5, 5.41) is 3.65. The SMILES string of the molecule is CCCNC(=S)NNc1ncnc2cc(-c3ccccc3)sc12. The molecule has 0 aliphatic heterocycles. The lowest BCUT2D eigenvalue weighted by Gasteiger charge is -2.11. The van der Waals surface area contributed by atoms with Gasteiger partial charge in [-0.25, -0.2) is 9.97 Å². The molecule has 1 aromatic carbocycles. The molecular formula is C16H17N5S2. The van der Waals surface area contributed by atoms with Crippen LogP contribution in [0.4, 0.5) is 5.82 Å². The zero-order valence-electron chi connectivity index (χ0n) is 12.7. The Morgan fingerprint density at radius 2 is 2.04 bits per heavy atom. The highest BCUT2D eigenvalue weighted by atomic mass is 32.1. The Kier molecular flexibility index (Phi) is 4.99. The molecule has 118 valence electrons. The Morgan fingerprint density at radius 3 is 2.83 bits per heavy atom. The van der Waals surface area contributed by atoms with Gasteiger partial charge < -0.3 is 5.32 Å². The molecule has 0 fully saturated rings. The summed E-state index contributed by atoms with van der Waals surface area (Å²) in [6.45, 7) is 2.93. The highest BCUT2D eigenvalue weighted by Crippen LogP contribution is 2.35. The summed E-state index contributed by atoms with van der Waals surface area (Å²) in [5.41, 5.74) is 8.12. The van der Waals surface area contributed by atoms with Crippen LogP contribution in [0.1, 0.15) is 13.3 Å². The van der Waals surface area contributed by atoms with E-state index in [2.05, 4.69) is 51.3 Å². The number of benzene rings is 1. The fourth-order valence-corrected chi connectivity index (χ4v) is 3.30. The van der Waals surface area contributed by atoms with Gasteiger partial charge in [-0.3, -0.25) is 10.9 Å². The van der Waals surface area contributed by atoms with E-state index in [1.807, 2.05) is 18.2 Å². The second kappa shape index (κ2) is 7.34. The van der Waals surface area contributed by atoms with Gasteiger partial charge in [-0.1, -0.05) is 37.3 Å². The molecule has 0 spiro atoms. The summed E-state index contributed by atoms with van der Waals surface area (Å²) in [5.74, 6) is 0.725. The number of nitrogens with zero attached hydrogens (tertiary/aromatic N) is 2. The van der Waals surface area contributed by atoms with Gasteiger partial charge in [0.05, 0.1) is 10.2 Å². The van der Waals surface area contributed by atoms with Crippen LogP contribution in [-0.4, -0.2) is 21.6 Å². The van der Waals surface area contributed by atoms with Crippen LogP contribution in [-0.2, 0) is 0 Å². The Bertz CT molecular complexity index is 801. The molecule has 0 bridgehead atoms. The maximum absolute atomic E-state index is 5.20. The van der Waals surface area contributed by atoms with Crippen LogP contribution in [0.15, 0.2) is 42.7 Å². The summed E-state index contributed by atoms with van der Waals surface area (Å²) in [6, 6.07) is 12.3. The smallest absolute Gasteiger partial charge is 0.185 e. The number of hydrogen-bond donors (Lipinski definition) is 3. The fourth-order valence-electron chi connectivity index (χ4n) is 2.09. The molecule has 0 radical (unpaired) electrons. The van der Waals surface area contributed by atoms with Gasteiger partial charge >= 0.3 is 0 Å². The zero-order valence-corrected chi connectivity index (χ0v) is 14.3. The molecule has 0 aliphatic rings. The minimum Gasteiger partial charge on any atom is -0.361 e. The second-order valence-electron chi connectivity index (χ2n) is 4.92. The third kappa shape index (κ3) is 3.75. The van der Waals surface area contributed by atoms with E-state index in [-0.39, 0.29) is 0 Å². The summed E-state index contributed by atoms with van der Waals surface area (Å²) in [4.78, 5) is 9.82. The molecule has 3 N–H and O–H groups in total. The van der Waals surface area contributed by atoms with Crippen LogP contribution in [0.2, 0.25) is 0 Å². The second-order valence-corrected chi connectivity index (χ2v) is 6.38. The molecule has 2 aromatic heterocycles. The number of hydrogen-bond acceptors (Lipinski definition) is 5. The number of thiocarbonyl (C=S) groups is 1. The van der Waals surface area contributed by atoms with Crippen molar-refractivity contribution < 1.29 is 0 Å². The van der Waals surface area contributed by atoms with Gasteiger partial charge in [-0.05, 0) is 30.3 Å². The van der Waals surface area contributed by atoms with Crippen molar-refractivity contribution in [1.29, 1.82) is 0 Å². The molecule has 0 unspecified atom stereocenters. The van der Waals surface area contributed by atoms with Crippen molar-refractivity contribution in [3.05, 3.63) is 42.7 Å². The van der Waals surface area contributed by atoms with E-state index < -0.39 is 0 Å². The van der Waals surface area contributed by atoms with Crippen molar-refractivity contribution in [2.24, 2.45) is 0 Å². The van der Waals surface area contributed by atoms with Crippen LogP contribution in [0, 0.1) is 0 Å². The number of rotatable bonds is 5. The molecule has 0 amide bonds. The lowest BCUT2D eigenvalue weighted by Crippen LogP contribution is -2.39. The fraction of sp³-hybridized carbons (Fsp3) is 0.188. The molecule has 0 saturated heterocycles. The molecule has 3 rings (SSSR count). The number of anilines is 1. The predicted molar refractivity (Wildman–Crippen MR) is 101 cm³/mol. The normalized spacial score (nSPS) is 10.5. The first-order valence-electron chi connectivity index (χ1n) is 7.37. The van der Waals surface area contributed by atoms with E-state index in [0.29, 0.717) is 5.11 Å². The number of aromatic nitrogens is 2. The average molecular weight is 343 g/mol. The van der Waals surface area contributed by atoms with Gasteiger partial charge in [-0.15, -0.1) is 11.3 Å². The van der Waals surface area contributed by atoms with E-state index in [0.717, 1.165) is 33.9 Å². The van der Waals surface area contributed by atoms with Crippen molar-refractivity contribution in [3.63, 3.8) is 0 Å². The van der Waals surface area contributed by atoms with Gasteiger partial charge in [0.1, 0.15) is 6.33 Å². The molecule has 3 aromatic rings. The van der Waals surface area contributed by atoms with E-state index >= 15 is 0 Å². The van der Waals surface area contributed by atoms with Crippen LogP contribution in [0.25, 0.3) is 20.7 Å². The molecule has 5 nitrogen and oxygen atoms in total. The third-order valence-electron chi connectivity index (χ3n) is 3.20. The molecule has 0 saturated carbocycles. The van der Waals surface area contributed by atoms with Gasteiger partial charge in [-0.2, -0.15) is 0 Å². The van der Waals surface area contributed by atoms with Gasteiger partial charge in [0.25, 0.3) is 0 Å². The highest BCUT2D eigenvalue weighted by Gasteiger charge is 2.10. The first kappa shape index (κ1) is 15.6. The minimum atomic E-state index is 0.554. The van der Waals surface area contributed by atoms with Crippen molar-refractivity contribution in [2.45, 2.75) is 13.3 Å². The van der Waals surface area contributed by atoms with Crippen molar-refractivity contribution in [3.8, 4) is 10.4 Å². The Labute approximate surface area is 144 Å². The minimum absolute atomic E-state index is 0.554. The van der Waals surface area contributed by atoms with E-state index in [1.54, 1.807) is 17.7 Å². The molecule has 0 atom stereocenters. The third-order valence-corrected chi connectivity index (χ3v) is 4.63. The predicted octanol–water partition coefficient (Wildman–Crippen LogP) is 3.56. The molecular weight excluding hydrogens is 326 g/mol. The average Bonchev–Trinajstić information content (AvgIpc) is 3.03. The maximum Gasteiger partial charge on any atom is 0.185 e. The van der Waals surface area contributed by atoms with Crippen LogP contribution in [0.5, 0.6) is 0 Å². The zero-order chi connectivity index (χ0) is 16.1. The van der Waals surface area contributed by atoms with Crippen LogP contribution >= 0.6 is 23.6 Å². The van der Waals surface area contributed by atoms with Gasteiger partial charge in [0.2, 0.25) is 0 Å². The van der Waals surface area contributed by atoms with E-state index in [9.17, 15) is 0 Å². The first-order valence-corrected chi connectivity index (χ1v) is 8.60. The Hall–Kier alpha value is -2.25. The lowest BCUT2D eigenvalue weighted by atomic mass is 10.2. The topological polar surface area (TPSA) is 61.9 Å². The molecule has 23 heavy (non-hydrogen) atoms. The first-order chi connectivity index (χ1) is 11.3. The summed E-state index contributed by atoms with van der Waals surface area (Å²) >= 11 is 6.85. The van der Waals surface area contributed by atoms with Crippen molar-refractivity contribution in [2.75, 3.05) is 12.0 Å². The molecule has 7 heteroatoms. The van der Waals surface area contributed by atoms with Crippen LogP contribution < -0.4 is 16.2 Å². The van der Waals surface area contributed by atoms with Crippen LogP contribution in [0.3, 0.4) is 0 Å². The van der Waals surface area contributed by atoms with Crippen molar-refractivity contribution in [1.82, 2.24) is 20.7 Å². The lowest BCUT2D eigenvalue weighted by molar-refractivity contribution is 0.825. The summed E-state index contributed by atoms with van der Waals surface area (Å²) < 4.78 is 0.997. The summed E-state index contributed by atoms with van der Waals surface area (Å²) in [7, 11) is 0. The number of thiophene rings is 1. The Balaban J connectivity index is 1.81. The van der Waals surface area contributed by atoms with Crippen molar-refractivity contribution >= 4 is 44.7 Å². The van der Waals surface area contributed by atoms with E-state index in [1.165, 1.54) is 5.56 Å². The number of nitrogens with one attached hydrogen (secondary N) is 3.